The molecular weight excluding hydrogens is 190 g/mol. The zero-order valence-corrected chi connectivity index (χ0v) is 8.77. The highest BCUT2D eigenvalue weighted by molar-refractivity contribution is 7.80. The topological polar surface area (TPSA) is 12.0 Å². The van der Waals surface area contributed by atoms with E-state index >= 15 is 0 Å². The molecule has 0 saturated heterocycles. The van der Waals surface area contributed by atoms with Gasteiger partial charge in [0.2, 0.25) is 0 Å². The van der Waals surface area contributed by atoms with Crippen LogP contribution in [0.15, 0.2) is 42.5 Å². The molecular formula is C12H11NS. The van der Waals surface area contributed by atoms with Gasteiger partial charge in [-0.05, 0) is 16.8 Å². The van der Waals surface area contributed by atoms with Crippen LogP contribution < -0.4 is 5.32 Å². The lowest BCUT2D eigenvalue weighted by Gasteiger charge is -2.04. The first-order valence-corrected chi connectivity index (χ1v) is 4.93. The number of benzene rings is 2. The Hall–Kier alpha value is -1.41. The fourth-order valence-corrected chi connectivity index (χ4v) is 1.60. The van der Waals surface area contributed by atoms with Gasteiger partial charge in [-0.3, -0.25) is 0 Å². The molecule has 0 radical (unpaired) electrons. The van der Waals surface area contributed by atoms with E-state index in [9.17, 15) is 0 Å². The molecule has 2 aromatic rings. The fraction of sp³-hybridized carbons (Fsp3) is 0.0833. The number of hydrogen-bond acceptors (Lipinski definition) is 1. The molecule has 2 rings (SSSR count). The van der Waals surface area contributed by atoms with Crippen LogP contribution in [0.4, 0.5) is 0 Å². The van der Waals surface area contributed by atoms with Crippen molar-refractivity contribution in [1.82, 2.24) is 5.32 Å². The summed E-state index contributed by atoms with van der Waals surface area (Å²) in [6, 6.07) is 14.5. The third kappa shape index (κ3) is 1.61. The second-order valence-corrected chi connectivity index (χ2v) is 3.55. The smallest absolute Gasteiger partial charge is 0.106 e. The maximum Gasteiger partial charge on any atom is 0.106 e. The summed E-state index contributed by atoms with van der Waals surface area (Å²) in [4.78, 5) is 0.788. The fourth-order valence-electron chi connectivity index (χ4n) is 1.47. The average Bonchev–Trinajstić information content (AvgIpc) is 2.27. The van der Waals surface area contributed by atoms with E-state index in [2.05, 4.69) is 29.6 Å². The molecule has 70 valence electrons. The maximum atomic E-state index is 5.17. The van der Waals surface area contributed by atoms with Crippen LogP contribution in [0.25, 0.3) is 10.8 Å². The Bertz CT molecular complexity index is 476. The molecule has 0 aliphatic rings. The van der Waals surface area contributed by atoms with Crippen molar-refractivity contribution in [3.63, 3.8) is 0 Å². The Labute approximate surface area is 88.8 Å². The van der Waals surface area contributed by atoms with Gasteiger partial charge < -0.3 is 5.32 Å². The van der Waals surface area contributed by atoms with Gasteiger partial charge in [0.15, 0.2) is 0 Å². The number of fused-ring (bicyclic) bond motifs is 1. The van der Waals surface area contributed by atoms with Crippen LogP contribution in [0.5, 0.6) is 0 Å². The molecule has 2 heteroatoms. The zero-order chi connectivity index (χ0) is 9.97. The Kier molecular flexibility index (Phi) is 2.46. The van der Waals surface area contributed by atoms with Gasteiger partial charge in [-0.1, -0.05) is 48.6 Å². The summed E-state index contributed by atoms with van der Waals surface area (Å²) in [6.07, 6.45) is 0. The van der Waals surface area contributed by atoms with Crippen LogP contribution in [-0.2, 0) is 0 Å². The minimum Gasteiger partial charge on any atom is -0.379 e. The average molecular weight is 201 g/mol. The molecule has 0 aromatic heterocycles. The molecule has 2 aromatic carbocycles. The molecule has 1 N–H and O–H groups in total. The number of rotatable bonds is 1. The van der Waals surface area contributed by atoms with Crippen LogP contribution in [0.1, 0.15) is 5.56 Å². The quantitative estimate of drug-likeness (QED) is 0.712. The Morgan fingerprint density at radius 3 is 2.50 bits per heavy atom. The van der Waals surface area contributed by atoms with Gasteiger partial charge in [0, 0.05) is 12.6 Å². The van der Waals surface area contributed by atoms with Crippen LogP contribution in [0.2, 0.25) is 0 Å². The Morgan fingerprint density at radius 2 is 1.79 bits per heavy atom. The van der Waals surface area contributed by atoms with Crippen molar-refractivity contribution in [2.75, 3.05) is 7.05 Å². The highest BCUT2D eigenvalue weighted by Crippen LogP contribution is 2.15. The van der Waals surface area contributed by atoms with Crippen molar-refractivity contribution < 1.29 is 0 Å². The second kappa shape index (κ2) is 3.76. The Morgan fingerprint density at radius 1 is 1.07 bits per heavy atom. The van der Waals surface area contributed by atoms with Crippen molar-refractivity contribution in [2.45, 2.75) is 0 Å². The van der Waals surface area contributed by atoms with Gasteiger partial charge >= 0.3 is 0 Å². The standard InChI is InChI=1S/C12H11NS/c1-13-12(14)11-7-6-9-4-2-3-5-10(9)8-11/h2-8H,1H3,(H,13,14). The van der Waals surface area contributed by atoms with E-state index in [0.717, 1.165) is 10.6 Å². The van der Waals surface area contributed by atoms with Crippen molar-refractivity contribution in [1.29, 1.82) is 0 Å². The van der Waals surface area contributed by atoms with Crippen LogP contribution >= 0.6 is 12.2 Å². The van der Waals surface area contributed by atoms with Gasteiger partial charge in [-0.15, -0.1) is 0 Å². The molecule has 0 saturated carbocycles. The molecule has 1 nitrogen and oxygen atoms in total. The molecule has 0 aliphatic carbocycles. The monoisotopic (exact) mass is 201 g/mol. The highest BCUT2D eigenvalue weighted by Gasteiger charge is 1.99. The lowest BCUT2D eigenvalue weighted by Crippen LogP contribution is -2.16. The molecule has 14 heavy (non-hydrogen) atoms. The SMILES string of the molecule is CNC(=S)c1ccc2ccccc2c1. The van der Waals surface area contributed by atoms with Crippen LogP contribution in [0.3, 0.4) is 0 Å². The maximum absolute atomic E-state index is 5.17. The lowest BCUT2D eigenvalue weighted by atomic mass is 10.1. The summed E-state index contributed by atoms with van der Waals surface area (Å²) in [7, 11) is 1.84. The largest absolute Gasteiger partial charge is 0.379 e. The first-order chi connectivity index (χ1) is 6.81. The van der Waals surface area contributed by atoms with Crippen molar-refractivity contribution in [2.24, 2.45) is 0 Å². The summed E-state index contributed by atoms with van der Waals surface area (Å²) < 4.78 is 0. The van der Waals surface area contributed by atoms with Gasteiger partial charge in [-0.2, -0.15) is 0 Å². The van der Waals surface area contributed by atoms with E-state index in [1.54, 1.807) is 0 Å². The number of thiocarbonyl (C=S) groups is 1. The van der Waals surface area contributed by atoms with E-state index in [1.807, 2.05) is 25.2 Å². The first kappa shape index (κ1) is 9.16. The van der Waals surface area contributed by atoms with Gasteiger partial charge in [-0.25, -0.2) is 0 Å². The summed E-state index contributed by atoms with van der Waals surface area (Å²) in [5.41, 5.74) is 1.07. The minimum absolute atomic E-state index is 0.788. The normalized spacial score (nSPS) is 10.1. The molecule has 0 spiro atoms. The molecule has 0 aliphatic heterocycles. The Balaban J connectivity index is 2.56. The summed E-state index contributed by atoms with van der Waals surface area (Å²) in [5.74, 6) is 0. The predicted octanol–water partition coefficient (Wildman–Crippen LogP) is 2.73. The zero-order valence-electron chi connectivity index (χ0n) is 7.95. The van der Waals surface area contributed by atoms with Crippen molar-refractivity contribution in [3.8, 4) is 0 Å². The second-order valence-electron chi connectivity index (χ2n) is 3.14. The van der Waals surface area contributed by atoms with Gasteiger partial charge in [0.25, 0.3) is 0 Å². The van der Waals surface area contributed by atoms with E-state index in [0.29, 0.717) is 0 Å². The number of hydrogen-bond donors (Lipinski definition) is 1. The lowest BCUT2D eigenvalue weighted by molar-refractivity contribution is 1.20. The third-order valence-electron chi connectivity index (χ3n) is 2.24. The summed E-state index contributed by atoms with van der Waals surface area (Å²) >= 11 is 5.17. The van der Waals surface area contributed by atoms with E-state index in [1.165, 1.54) is 10.8 Å². The van der Waals surface area contributed by atoms with Gasteiger partial charge in [0.05, 0.1) is 0 Å². The van der Waals surface area contributed by atoms with E-state index in [4.69, 9.17) is 12.2 Å². The van der Waals surface area contributed by atoms with Crippen molar-refractivity contribution >= 4 is 28.0 Å². The predicted molar refractivity (Wildman–Crippen MR) is 64.7 cm³/mol. The molecule has 0 atom stereocenters. The molecule has 0 amide bonds. The summed E-state index contributed by atoms with van der Waals surface area (Å²) in [6.45, 7) is 0. The minimum atomic E-state index is 0.788. The first-order valence-electron chi connectivity index (χ1n) is 4.52. The van der Waals surface area contributed by atoms with Crippen molar-refractivity contribution in [3.05, 3.63) is 48.0 Å². The molecule has 0 unspecified atom stereocenters. The van der Waals surface area contributed by atoms with E-state index in [-0.39, 0.29) is 0 Å². The molecule has 0 heterocycles. The molecule has 0 fully saturated rings. The molecule has 0 bridgehead atoms. The summed E-state index contributed by atoms with van der Waals surface area (Å²) in [5, 5.41) is 5.45. The van der Waals surface area contributed by atoms with E-state index < -0.39 is 0 Å². The highest BCUT2D eigenvalue weighted by atomic mass is 32.1. The third-order valence-corrected chi connectivity index (χ3v) is 2.68. The van der Waals surface area contributed by atoms with Gasteiger partial charge in [0.1, 0.15) is 4.99 Å². The number of nitrogens with one attached hydrogen (secondary N) is 1. The van der Waals surface area contributed by atoms with Crippen LogP contribution in [0, 0.1) is 0 Å². The van der Waals surface area contributed by atoms with Crippen LogP contribution in [-0.4, -0.2) is 12.0 Å².